The Labute approximate surface area is 86.0 Å². The molecule has 2 rings (SSSR count). The smallest absolute Gasteiger partial charge is 0.226 e. The Morgan fingerprint density at radius 2 is 2.00 bits per heavy atom. The van der Waals surface area contributed by atoms with Crippen LogP contribution in [0.3, 0.4) is 0 Å². The highest BCUT2D eigenvalue weighted by molar-refractivity contribution is 5.60. The maximum Gasteiger partial charge on any atom is 0.226 e. The van der Waals surface area contributed by atoms with Crippen LogP contribution in [0.2, 0.25) is 0 Å². The number of nitriles is 2. The summed E-state index contributed by atoms with van der Waals surface area (Å²) in [5.74, 6) is 0.385. The summed E-state index contributed by atoms with van der Waals surface area (Å²) in [6, 6.07) is 8.70. The fourth-order valence-corrected chi connectivity index (χ4v) is 1.19. The lowest BCUT2D eigenvalue weighted by Gasteiger charge is -1.97. The molecule has 4 heteroatoms. The zero-order valence-corrected chi connectivity index (χ0v) is 7.56. The van der Waals surface area contributed by atoms with Crippen LogP contribution < -0.4 is 0 Å². The Morgan fingerprint density at radius 3 is 2.60 bits per heavy atom. The van der Waals surface area contributed by atoms with Crippen LogP contribution in [0.1, 0.15) is 11.1 Å². The lowest BCUT2D eigenvalue weighted by molar-refractivity contribution is 0.574. The van der Waals surface area contributed by atoms with Crippen molar-refractivity contribution in [3.63, 3.8) is 0 Å². The average molecular weight is 194 g/mol. The van der Waals surface area contributed by atoms with E-state index in [1.807, 2.05) is 12.1 Å². The van der Waals surface area contributed by atoms with E-state index in [0.717, 1.165) is 0 Å². The third-order valence-electron chi connectivity index (χ3n) is 1.90. The van der Waals surface area contributed by atoms with E-state index in [4.69, 9.17) is 14.9 Å². The molecule has 0 aliphatic rings. The van der Waals surface area contributed by atoms with Crippen LogP contribution in [0.15, 0.2) is 28.9 Å². The number of nitrogens with zero attached hydrogens (tertiary/aromatic N) is 3. The van der Waals surface area contributed by atoms with Gasteiger partial charge in [-0.05, 0) is 18.2 Å². The van der Waals surface area contributed by atoms with Crippen molar-refractivity contribution in [1.29, 1.82) is 10.5 Å². The van der Waals surface area contributed by atoms with Crippen molar-refractivity contribution in [1.82, 2.24) is 4.98 Å². The minimum atomic E-state index is 0.313. The molecule has 2 aromatic rings. The highest BCUT2D eigenvalue weighted by Crippen LogP contribution is 2.20. The quantitative estimate of drug-likeness (QED) is 0.694. The first-order chi connectivity index (χ1) is 7.35. The summed E-state index contributed by atoms with van der Waals surface area (Å²) in [6.07, 6.45) is 3.86. The maximum atomic E-state index is 8.81. The first-order valence-electron chi connectivity index (χ1n) is 4.11. The Balaban J connectivity index is 2.56. The molecule has 4 nitrogen and oxygen atoms in total. The van der Waals surface area contributed by atoms with Gasteiger partial charge in [0.1, 0.15) is 24.6 Å². The van der Waals surface area contributed by atoms with Gasteiger partial charge in [-0.25, -0.2) is 4.98 Å². The van der Waals surface area contributed by atoms with Crippen LogP contribution in [0.5, 0.6) is 0 Å². The van der Waals surface area contributed by atoms with Gasteiger partial charge in [-0.2, -0.15) is 10.5 Å². The monoisotopic (exact) mass is 194 g/mol. The SMILES string of the molecule is N#Cc1ccc(-c2n[c]co2)cc1C#N. The molecule has 0 aliphatic carbocycles. The van der Waals surface area contributed by atoms with E-state index in [-0.39, 0.29) is 0 Å². The molecule has 1 heterocycles. The third-order valence-corrected chi connectivity index (χ3v) is 1.90. The average Bonchev–Trinajstić information content (AvgIpc) is 2.81. The van der Waals surface area contributed by atoms with Crippen molar-refractivity contribution in [2.24, 2.45) is 0 Å². The number of oxazole rings is 1. The summed E-state index contributed by atoms with van der Waals surface area (Å²) in [5.41, 5.74) is 1.32. The van der Waals surface area contributed by atoms with Crippen LogP contribution in [-0.4, -0.2) is 4.98 Å². The van der Waals surface area contributed by atoms with Crippen LogP contribution in [0, 0.1) is 28.9 Å². The molecule has 1 aromatic heterocycles. The number of aromatic nitrogens is 1. The van der Waals surface area contributed by atoms with Crippen molar-refractivity contribution < 1.29 is 4.42 Å². The fraction of sp³-hybridized carbons (Fsp3) is 0. The van der Waals surface area contributed by atoms with Gasteiger partial charge in [-0.3, -0.25) is 0 Å². The lowest BCUT2D eigenvalue weighted by Crippen LogP contribution is -1.85. The molecule has 0 aliphatic heterocycles. The maximum absolute atomic E-state index is 8.81. The molecule has 0 saturated heterocycles. The van der Waals surface area contributed by atoms with E-state index in [1.54, 1.807) is 18.2 Å². The van der Waals surface area contributed by atoms with Crippen LogP contribution in [0.4, 0.5) is 0 Å². The van der Waals surface area contributed by atoms with Crippen molar-refractivity contribution in [3.05, 3.63) is 41.8 Å². The number of benzene rings is 1. The molecule has 15 heavy (non-hydrogen) atoms. The van der Waals surface area contributed by atoms with Crippen LogP contribution in [-0.2, 0) is 0 Å². The molecule has 0 unspecified atom stereocenters. The highest BCUT2D eigenvalue weighted by Gasteiger charge is 2.07. The van der Waals surface area contributed by atoms with E-state index in [0.29, 0.717) is 22.6 Å². The summed E-state index contributed by atoms with van der Waals surface area (Å²) < 4.78 is 5.03. The Morgan fingerprint density at radius 1 is 1.20 bits per heavy atom. The van der Waals surface area contributed by atoms with E-state index in [1.165, 1.54) is 6.26 Å². The molecule has 1 radical (unpaired) electrons. The van der Waals surface area contributed by atoms with Crippen LogP contribution in [0.25, 0.3) is 11.5 Å². The van der Waals surface area contributed by atoms with Crippen LogP contribution >= 0.6 is 0 Å². The molecule has 0 fully saturated rings. The molecule has 0 spiro atoms. The standard InChI is InChI=1S/C11H4N3O/c12-6-9-2-1-8(5-10(9)7-13)11-14-3-4-15-11/h1-2,4-5H. The van der Waals surface area contributed by atoms with Gasteiger partial charge in [-0.15, -0.1) is 0 Å². The predicted octanol–water partition coefficient (Wildman–Crippen LogP) is 1.89. The second-order valence-corrected chi connectivity index (χ2v) is 2.77. The number of hydrogen-bond acceptors (Lipinski definition) is 4. The van der Waals surface area contributed by atoms with Gasteiger partial charge in [0.15, 0.2) is 0 Å². The zero-order chi connectivity index (χ0) is 10.7. The summed E-state index contributed by atoms with van der Waals surface area (Å²) in [6.45, 7) is 0. The van der Waals surface area contributed by atoms with Crippen molar-refractivity contribution in [3.8, 4) is 23.6 Å². The molecular weight excluding hydrogens is 190 g/mol. The first-order valence-corrected chi connectivity index (χ1v) is 4.11. The van der Waals surface area contributed by atoms with Gasteiger partial charge < -0.3 is 4.42 Å². The first kappa shape index (κ1) is 8.98. The second-order valence-electron chi connectivity index (χ2n) is 2.77. The van der Waals surface area contributed by atoms with Gasteiger partial charge in [0.05, 0.1) is 11.1 Å². The van der Waals surface area contributed by atoms with E-state index < -0.39 is 0 Å². The second kappa shape index (κ2) is 3.65. The number of hydrogen-bond donors (Lipinski definition) is 0. The topological polar surface area (TPSA) is 73.6 Å². The Bertz CT molecular complexity index is 559. The highest BCUT2D eigenvalue weighted by atomic mass is 16.3. The van der Waals surface area contributed by atoms with E-state index >= 15 is 0 Å². The summed E-state index contributed by atoms with van der Waals surface area (Å²) >= 11 is 0. The van der Waals surface area contributed by atoms with Gasteiger partial charge in [0.2, 0.25) is 5.89 Å². The van der Waals surface area contributed by atoms with Gasteiger partial charge in [0.25, 0.3) is 0 Å². The summed E-state index contributed by atoms with van der Waals surface area (Å²) in [7, 11) is 0. The van der Waals surface area contributed by atoms with E-state index in [2.05, 4.69) is 11.2 Å². The normalized spacial score (nSPS) is 9.20. The summed E-state index contributed by atoms with van der Waals surface area (Å²) in [5, 5.41) is 17.5. The van der Waals surface area contributed by atoms with Gasteiger partial charge in [-0.1, -0.05) is 0 Å². The van der Waals surface area contributed by atoms with E-state index in [9.17, 15) is 0 Å². The lowest BCUT2D eigenvalue weighted by atomic mass is 10.1. The molecule has 0 N–H and O–H groups in total. The molecule has 0 amide bonds. The molecule has 1 aromatic carbocycles. The molecular formula is C11H4N3O. The number of rotatable bonds is 1. The minimum absolute atomic E-state index is 0.313. The van der Waals surface area contributed by atoms with Gasteiger partial charge in [0, 0.05) is 5.56 Å². The van der Waals surface area contributed by atoms with Gasteiger partial charge >= 0.3 is 0 Å². The van der Waals surface area contributed by atoms with Crippen molar-refractivity contribution in [2.75, 3.05) is 0 Å². The Kier molecular flexibility index (Phi) is 2.19. The minimum Gasteiger partial charge on any atom is -0.444 e. The molecule has 0 atom stereocenters. The molecule has 0 bridgehead atoms. The zero-order valence-electron chi connectivity index (χ0n) is 7.56. The third kappa shape index (κ3) is 1.56. The Hall–Kier alpha value is -2.59. The molecule has 69 valence electrons. The van der Waals surface area contributed by atoms with Crippen molar-refractivity contribution in [2.45, 2.75) is 0 Å². The van der Waals surface area contributed by atoms with Crippen molar-refractivity contribution >= 4 is 0 Å². The largest absolute Gasteiger partial charge is 0.444 e. The molecule has 0 saturated carbocycles. The fourth-order valence-electron chi connectivity index (χ4n) is 1.19. The summed E-state index contributed by atoms with van der Waals surface area (Å²) in [4.78, 5) is 3.83. The predicted molar refractivity (Wildman–Crippen MR) is 50.2 cm³/mol.